The summed E-state index contributed by atoms with van der Waals surface area (Å²) >= 11 is 0.749. The molecule has 1 aromatic heterocycles. The van der Waals surface area contributed by atoms with Crippen LogP contribution in [0.3, 0.4) is 0 Å². The largest absolute Gasteiger partial charge is 0.385 e. The van der Waals surface area contributed by atoms with Crippen LogP contribution in [0.15, 0.2) is 10.3 Å². The van der Waals surface area contributed by atoms with Crippen molar-refractivity contribution >= 4 is 32.0 Å². The summed E-state index contributed by atoms with van der Waals surface area (Å²) in [5.74, 6) is 0.402. The molecule has 1 aliphatic rings. The topological polar surface area (TPSA) is 107 Å². The molecule has 1 aromatic rings. The maximum Gasteiger partial charge on any atom is 0.304 e. The molecule has 2 rings (SSSR count). The third kappa shape index (κ3) is 2.94. The van der Waals surface area contributed by atoms with Crippen molar-refractivity contribution in [2.75, 3.05) is 12.3 Å². The molecule has 9 heteroatoms. The van der Waals surface area contributed by atoms with E-state index in [1.807, 2.05) is 0 Å². The number of nitrogens with two attached hydrogens (primary N) is 1. The van der Waals surface area contributed by atoms with Gasteiger partial charge in [-0.1, -0.05) is 11.3 Å². The third-order valence-electron chi connectivity index (χ3n) is 3.19. The summed E-state index contributed by atoms with van der Waals surface area (Å²) in [5.41, 5.74) is 5.18. The first-order chi connectivity index (χ1) is 9.23. The minimum Gasteiger partial charge on any atom is -0.385 e. The van der Waals surface area contributed by atoms with Crippen LogP contribution in [0.5, 0.6) is 0 Å². The number of rotatable bonds is 6. The number of hydrogen-bond acceptors (Lipinski definition) is 6. The predicted octanol–water partition coefficient (Wildman–Crippen LogP) is 2.05. The molecule has 20 heavy (non-hydrogen) atoms. The van der Waals surface area contributed by atoms with Gasteiger partial charge in [-0.25, -0.2) is 8.42 Å². The second-order valence-corrected chi connectivity index (χ2v) is 8.39. The highest BCUT2D eigenvalue weighted by Crippen LogP contribution is 2.38. The molecule has 0 radical (unpaired) electrons. The molecule has 2 N–H and O–H groups in total. The molecular weight excluding hydrogens is 302 g/mol. The molecule has 0 aromatic carbocycles. The van der Waals surface area contributed by atoms with Crippen molar-refractivity contribution < 1.29 is 13.3 Å². The van der Waals surface area contributed by atoms with E-state index in [1.54, 1.807) is 13.8 Å². The van der Waals surface area contributed by atoms with Crippen LogP contribution >= 0.6 is 11.3 Å². The van der Waals surface area contributed by atoms with E-state index in [4.69, 9.17) is 5.73 Å². The summed E-state index contributed by atoms with van der Waals surface area (Å²) in [6.45, 7) is 4.06. The Morgan fingerprint density at radius 2 is 2.15 bits per heavy atom. The highest BCUT2D eigenvalue weighted by Gasteiger charge is 2.35. The summed E-state index contributed by atoms with van der Waals surface area (Å²) in [5, 5.41) is 10.7. The Bertz CT molecular complexity index is 620. The molecule has 0 unspecified atom stereocenters. The first-order valence-corrected chi connectivity index (χ1v) is 8.54. The number of nitrogens with zero attached hydrogens (tertiary/aromatic N) is 2. The SMILES string of the molecule is CC(C)N(CC1CC1)S(=O)(=O)c1cc([N+](=O)[O-])c(N)s1. The lowest BCUT2D eigenvalue weighted by Crippen LogP contribution is -2.38. The van der Waals surface area contributed by atoms with Crippen molar-refractivity contribution in [2.24, 2.45) is 5.92 Å². The minimum absolute atomic E-state index is 0.0592. The van der Waals surface area contributed by atoms with Crippen molar-refractivity contribution in [1.29, 1.82) is 0 Å². The average Bonchev–Trinajstić information content (AvgIpc) is 3.06. The first-order valence-electron chi connectivity index (χ1n) is 6.29. The lowest BCUT2D eigenvalue weighted by molar-refractivity contribution is -0.383. The lowest BCUT2D eigenvalue weighted by Gasteiger charge is -2.24. The Balaban J connectivity index is 2.36. The number of nitro groups is 1. The van der Waals surface area contributed by atoms with Crippen molar-refractivity contribution in [3.05, 3.63) is 16.2 Å². The quantitative estimate of drug-likeness (QED) is 0.638. The van der Waals surface area contributed by atoms with E-state index in [2.05, 4.69) is 0 Å². The van der Waals surface area contributed by atoms with Crippen LogP contribution in [0.1, 0.15) is 26.7 Å². The van der Waals surface area contributed by atoms with Gasteiger partial charge in [-0.2, -0.15) is 4.31 Å². The maximum absolute atomic E-state index is 12.6. The van der Waals surface area contributed by atoms with E-state index in [9.17, 15) is 18.5 Å². The summed E-state index contributed by atoms with van der Waals surface area (Å²) in [6.07, 6.45) is 2.07. The molecule has 0 saturated heterocycles. The van der Waals surface area contributed by atoms with Gasteiger partial charge in [-0.05, 0) is 32.6 Å². The number of sulfonamides is 1. The zero-order valence-corrected chi connectivity index (χ0v) is 12.9. The van der Waals surface area contributed by atoms with Gasteiger partial charge in [0.25, 0.3) is 10.0 Å². The normalized spacial score (nSPS) is 16.0. The number of anilines is 1. The molecular formula is C11H17N3O4S2. The first kappa shape index (κ1) is 15.2. The standard InChI is InChI=1S/C11H17N3O4S2/c1-7(2)13(6-8-3-4-8)20(17,18)10-5-9(14(15)16)11(12)19-10/h5,7-8H,3-4,6,12H2,1-2H3. The van der Waals surface area contributed by atoms with Crippen LogP contribution in [0.25, 0.3) is 0 Å². The number of thiophene rings is 1. The second-order valence-electron chi connectivity index (χ2n) is 5.18. The van der Waals surface area contributed by atoms with E-state index >= 15 is 0 Å². The van der Waals surface area contributed by atoms with Crippen LogP contribution in [-0.2, 0) is 10.0 Å². The molecule has 1 heterocycles. The van der Waals surface area contributed by atoms with Crippen molar-refractivity contribution in [1.82, 2.24) is 4.31 Å². The molecule has 112 valence electrons. The maximum atomic E-state index is 12.6. The Labute approximate surface area is 121 Å². The van der Waals surface area contributed by atoms with E-state index in [0.717, 1.165) is 30.2 Å². The Morgan fingerprint density at radius 1 is 1.55 bits per heavy atom. The van der Waals surface area contributed by atoms with Crippen LogP contribution in [0, 0.1) is 16.0 Å². The minimum atomic E-state index is -3.72. The molecule has 7 nitrogen and oxygen atoms in total. The van der Waals surface area contributed by atoms with Gasteiger partial charge in [0.15, 0.2) is 5.00 Å². The van der Waals surface area contributed by atoms with Gasteiger partial charge in [-0.3, -0.25) is 10.1 Å². The summed E-state index contributed by atoms with van der Waals surface area (Å²) in [6, 6.07) is 0.862. The molecule has 1 saturated carbocycles. The zero-order chi connectivity index (χ0) is 15.1. The molecule has 1 aliphatic carbocycles. The van der Waals surface area contributed by atoms with E-state index in [-0.39, 0.29) is 20.9 Å². The Kier molecular flexibility index (Phi) is 4.03. The van der Waals surface area contributed by atoms with Gasteiger partial charge < -0.3 is 5.73 Å². The fraction of sp³-hybridized carbons (Fsp3) is 0.636. The molecule has 0 atom stereocenters. The fourth-order valence-corrected chi connectivity index (χ4v) is 4.96. The summed E-state index contributed by atoms with van der Waals surface area (Å²) in [7, 11) is -3.72. The monoisotopic (exact) mass is 319 g/mol. The van der Waals surface area contributed by atoms with Crippen molar-refractivity contribution in [3.8, 4) is 0 Å². The van der Waals surface area contributed by atoms with Gasteiger partial charge >= 0.3 is 5.69 Å². The van der Waals surface area contributed by atoms with E-state index < -0.39 is 14.9 Å². The van der Waals surface area contributed by atoms with Crippen LogP contribution in [-0.4, -0.2) is 30.2 Å². The summed E-state index contributed by atoms with van der Waals surface area (Å²) < 4.78 is 26.5. The number of hydrogen-bond donors (Lipinski definition) is 1. The van der Waals surface area contributed by atoms with Crippen molar-refractivity contribution in [3.63, 3.8) is 0 Å². The lowest BCUT2D eigenvalue weighted by atomic mass is 10.3. The van der Waals surface area contributed by atoms with E-state index in [0.29, 0.717) is 12.5 Å². The Hall–Kier alpha value is -1.19. The van der Waals surface area contributed by atoms with Crippen LogP contribution in [0.2, 0.25) is 0 Å². The molecule has 0 bridgehead atoms. The molecule has 0 amide bonds. The Morgan fingerprint density at radius 3 is 2.55 bits per heavy atom. The average molecular weight is 319 g/mol. The molecule has 1 fully saturated rings. The third-order valence-corrected chi connectivity index (χ3v) is 6.63. The zero-order valence-electron chi connectivity index (χ0n) is 11.3. The molecule has 0 aliphatic heterocycles. The van der Waals surface area contributed by atoms with Gasteiger partial charge in [-0.15, -0.1) is 0 Å². The van der Waals surface area contributed by atoms with Gasteiger partial charge in [0, 0.05) is 18.7 Å². The molecule has 0 spiro atoms. The van der Waals surface area contributed by atoms with Crippen LogP contribution in [0.4, 0.5) is 10.7 Å². The van der Waals surface area contributed by atoms with Crippen molar-refractivity contribution in [2.45, 2.75) is 36.9 Å². The van der Waals surface area contributed by atoms with Gasteiger partial charge in [0.2, 0.25) is 0 Å². The van der Waals surface area contributed by atoms with Gasteiger partial charge in [0.1, 0.15) is 4.21 Å². The van der Waals surface area contributed by atoms with Crippen LogP contribution < -0.4 is 5.73 Å². The predicted molar refractivity (Wildman–Crippen MR) is 77.1 cm³/mol. The fourth-order valence-electron chi connectivity index (χ4n) is 1.90. The summed E-state index contributed by atoms with van der Waals surface area (Å²) in [4.78, 5) is 10.1. The second kappa shape index (κ2) is 5.30. The highest BCUT2D eigenvalue weighted by molar-refractivity contribution is 7.91. The number of nitrogen functional groups attached to an aromatic ring is 1. The van der Waals surface area contributed by atoms with Gasteiger partial charge in [0.05, 0.1) is 4.92 Å². The highest BCUT2D eigenvalue weighted by atomic mass is 32.2. The smallest absolute Gasteiger partial charge is 0.304 e. The van der Waals surface area contributed by atoms with E-state index in [1.165, 1.54) is 4.31 Å².